The Labute approximate surface area is 166 Å². The van der Waals surface area contributed by atoms with Crippen molar-refractivity contribution in [3.05, 3.63) is 36.6 Å². The highest BCUT2D eigenvalue weighted by molar-refractivity contribution is 5.53. The highest BCUT2D eigenvalue weighted by Gasteiger charge is 2.21. The molecule has 150 valence electrons. The van der Waals surface area contributed by atoms with Crippen molar-refractivity contribution in [3.63, 3.8) is 0 Å². The Morgan fingerprint density at radius 3 is 2.86 bits per heavy atom. The van der Waals surface area contributed by atoms with E-state index < -0.39 is 0 Å². The van der Waals surface area contributed by atoms with Crippen molar-refractivity contribution in [1.29, 1.82) is 0 Å². The molecule has 0 bridgehead atoms. The van der Waals surface area contributed by atoms with Gasteiger partial charge in [-0.25, -0.2) is 4.98 Å². The fraction of sp³-hybridized carbons (Fsp3) is 0.389. The van der Waals surface area contributed by atoms with Crippen molar-refractivity contribution in [2.75, 3.05) is 36.8 Å². The molecule has 1 fully saturated rings. The van der Waals surface area contributed by atoms with Crippen LogP contribution in [0.25, 0.3) is 17.4 Å². The van der Waals surface area contributed by atoms with Crippen molar-refractivity contribution < 1.29 is 4.42 Å². The Morgan fingerprint density at radius 1 is 1.14 bits per heavy atom. The minimum absolute atomic E-state index is 0.254. The summed E-state index contributed by atoms with van der Waals surface area (Å²) >= 11 is 0. The van der Waals surface area contributed by atoms with Crippen LogP contribution in [0.3, 0.4) is 0 Å². The zero-order chi connectivity index (χ0) is 19.8. The molecule has 0 atom stereocenters. The second-order valence-electron chi connectivity index (χ2n) is 7.08. The van der Waals surface area contributed by atoms with Gasteiger partial charge in [0, 0.05) is 45.6 Å². The lowest BCUT2D eigenvalue weighted by atomic mass is 10.4. The quantitative estimate of drug-likeness (QED) is 0.536. The van der Waals surface area contributed by atoms with Crippen molar-refractivity contribution >= 4 is 17.7 Å². The maximum absolute atomic E-state index is 6.13. The van der Waals surface area contributed by atoms with E-state index in [9.17, 15) is 0 Å². The van der Waals surface area contributed by atoms with E-state index in [4.69, 9.17) is 10.2 Å². The van der Waals surface area contributed by atoms with E-state index in [1.54, 1.807) is 18.4 Å². The molecule has 4 aromatic heterocycles. The van der Waals surface area contributed by atoms with Crippen molar-refractivity contribution in [2.24, 2.45) is 7.05 Å². The van der Waals surface area contributed by atoms with Gasteiger partial charge in [-0.2, -0.15) is 19.5 Å². The molecule has 0 unspecified atom stereocenters. The van der Waals surface area contributed by atoms with Gasteiger partial charge in [-0.1, -0.05) is 0 Å². The molecule has 0 spiro atoms. The number of aromatic nitrogens is 7. The van der Waals surface area contributed by atoms with Crippen LogP contribution in [-0.2, 0) is 13.6 Å². The van der Waals surface area contributed by atoms with Crippen LogP contribution in [-0.4, -0.2) is 65.2 Å². The van der Waals surface area contributed by atoms with Crippen LogP contribution in [0.2, 0.25) is 0 Å². The number of nitrogen functional groups attached to an aromatic ring is 1. The molecule has 1 aliphatic heterocycles. The third-order valence-electron chi connectivity index (χ3n) is 5.12. The minimum atomic E-state index is 0.254. The molecule has 2 N–H and O–H groups in total. The summed E-state index contributed by atoms with van der Waals surface area (Å²) in [4.78, 5) is 22.5. The molecule has 11 heteroatoms. The highest BCUT2D eigenvalue weighted by atomic mass is 16.3. The maximum atomic E-state index is 6.13. The normalized spacial score (nSPS) is 15.8. The smallest absolute Gasteiger partial charge is 0.259 e. The predicted molar refractivity (Wildman–Crippen MR) is 106 cm³/mol. The zero-order valence-electron chi connectivity index (χ0n) is 16.1. The Morgan fingerprint density at radius 2 is 2.07 bits per heavy atom. The van der Waals surface area contributed by atoms with Crippen LogP contribution in [0.1, 0.15) is 12.2 Å². The largest absolute Gasteiger partial charge is 0.461 e. The van der Waals surface area contributed by atoms with E-state index in [-0.39, 0.29) is 5.95 Å². The van der Waals surface area contributed by atoms with Crippen LogP contribution < -0.4 is 10.6 Å². The number of furan rings is 1. The molecule has 0 amide bonds. The molecular weight excluding hydrogens is 372 g/mol. The average molecular weight is 394 g/mol. The van der Waals surface area contributed by atoms with Gasteiger partial charge in [-0.15, -0.1) is 5.10 Å². The summed E-state index contributed by atoms with van der Waals surface area (Å²) in [5.41, 5.74) is 6.13. The van der Waals surface area contributed by atoms with Crippen molar-refractivity contribution in [3.8, 4) is 11.6 Å². The molecule has 29 heavy (non-hydrogen) atoms. The van der Waals surface area contributed by atoms with Gasteiger partial charge in [0.2, 0.25) is 17.7 Å². The monoisotopic (exact) mass is 394 g/mol. The second kappa shape index (κ2) is 7.17. The fourth-order valence-electron chi connectivity index (χ4n) is 3.52. The van der Waals surface area contributed by atoms with Crippen LogP contribution in [0.5, 0.6) is 0 Å². The van der Waals surface area contributed by atoms with Gasteiger partial charge in [0.25, 0.3) is 5.78 Å². The lowest BCUT2D eigenvalue weighted by Crippen LogP contribution is -2.32. The molecule has 0 aromatic carbocycles. The number of hydrogen-bond donors (Lipinski definition) is 1. The summed E-state index contributed by atoms with van der Waals surface area (Å²) in [5, 5.41) is 4.35. The number of nitrogens with two attached hydrogens (primary N) is 1. The van der Waals surface area contributed by atoms with Crippen molar-refractivity contribution in [1.82, 2.24) is 39.0 Å². The first kappa shape index (κ1) is 17.6. The molecular formula is C18H22N10O. The summed E-state index contributed by atoms with van der Waals surface area (Å²) in [6, 6.07) is 3.58. The van der Waals surface area contributed by atoms with E-state index in [1.165, 1.54) is 4.52 Å². The topological polar surface area (TPSA) is 119 Å². The van der Waals surface area contributed by atoms with E-state index in [0.717, 1.165) is 45.0 Å². The summed E-state index contributed by atoms with van der Waals surface area (Å²) in [6.45, 7) is 4.38. The molecule has 0 saturated carbocycles. The van der Waals surface area contributed by atoms with Gasteiger partial charge >= 0.3 is 0 Å². The van der Waals surface area contributed by atoms with Gasteiger partial charge in [-0.05, 0) is 18.6 Å². The molecule has 1 saturated heterocycles. The Balaban J connectivity index is 1.35. The number of anilines is 2. The summed E-state index contributed by atoms with van der Waals surface area (Å²) in [5.74, 6) is 3.31. The minimum Gasteiger partial charge on any atom is -0.461 e. The van der Waals surface area contributed by atoms with Crippen LogP contribution in [0.15, 0.2) is 35.2 Å². The third-order valence-corrected chi connectivity index (χ3v) is 5.12. The summed E-state index contributed by atoms with van der Waals surface area (Å²) < 4.78 is 8.86. The number of fused-ring (bicyclic) bond motifs is 1. The van der Waals surface area contributed by atoms with Gasteiger partial charge in [-0.3, -0.25) is 4.90 Å². The first-order chi connectivity index (χ1) is 14.2. The van der Waals surface area contributed by atoms with E-state index in [1.807, 2.05) is 19.4 Å². The molecule has 1 aliphatic rings. The molecule has 5 rings (SSSR count). The van der Waals surface area contributed by atoms with Gasteiger partial charge in [0.05, 0.1) is 12.8 Å². The average Bonchev–Trinajstić information content (AvgIpc) is 3.42. The first-order valence-electron chi connectivity index (χ1n) is 9.55. The van der Waals surface area contributed by atoms with Crippen LogP contribution in [0, 0.1) is 0 Å². The zero-order valence-corrected chi connectivity index (χ0v) is 16.1. The predicted octanol–water partition coefficient (Wildman–Crippen LogP) is 0.807. The number of nitrogens with zero attached hydrogens (tertiary/aromatic N) is 9. The maximum Gasteiger partial charge on any atom is 0.259 e. The van der Waals surface area contributed by atoms with E-state index in [0.29, 0.717) is 23.3 Å². The SMILES string of the molecule is Cn1ccnc1CN1CCCN(c2nc(N)n3nc(-c4ccco4)nc3n2)CC1. The number of aryl methyl sites for hydroxylation is 1. The molecule has 4 aromatic rings. The van der Waals surface area contributed by atoms with Crippen LogP contribution in [0.4, 0.5) is 11.9 Å². The molecule has 11 nitrogen and oxygen atoms in total. The third kappa shape index (κ3) is 3.40. The number of rotatable bonds is 4. The Hall–Kier alpha value is -3.47. The van der Waals surface area contributed by atoms with Crippen LogP contribution >= 0.6 is 0 Å². The van der Waals surface area contributed by atoms with Crippen molar-refractivity contribution in [2.45, 2.75) is 13.0 Å². The fourth-order valence-corrected chi connectivity index (χ4v) is 3.52. The lowest BCUT2D eigenvalue weighted by molar-refractivity contribution is 0.275. The van der Waals surface area contributed by atoms with Gasteiger partial charge in [0.15, 0.2) is 5.76 Å². The highest BCUT2D eigenvalue weighted by Crippen LogP contribution is 2.19. The lowest BCUT2D eigenvalue weighted by Gasteiger charge is -2.21. The molecule has 5 heterocycles. The van der Waals surface area contributed by atoms with Gasteiger partial charge < -0.3 is 19.6 Å². The Bertz CT molecular complexity index is 1120. The summed E-state index contributed by atoms with van der Waals surface area (Å²) in [7, 11) is 2.02. The Kier molecular flexibility index (Phi) is 4.35. The summed E-state index contributed by atoms with van der Waals surface area (Å²) in [6.07, 6.45) is 6.39. The first-order valence-corrected chi connectivity index (χ1v) is 9.55. The van der Waals surface area contributed by atoms with Gasteiger partial charge in [0.1, 0.15) is 5.82 Å². The number of imidazole rings is 1. The number of hydrogen-bond acceptors (Lipinski definition) is 9. The van der Waals surface area contributed by atoms with E-state index in [2.05, 4.69) is 39.4 Å². The molecule has 0 aliphatic carbocycles. The standard InChI is InChI=1S/C18H22N10O/c1-25-8-5-20-14(25)12-26-6-3-7-27(10-9-26)17-22-16(19)28-18(23-17)21-15(24-28)13-4-2-11-29-13/h2,4-5,8,11H,3,6-7,9-10,12H2,1H3,(H2,19,21,22,23,24). The second-order valence-corrected chi connectivity index (χ2v) is 7.08. The van der Waals surface area contributed by atoms with E-state index >= 15 is 0 Å². The molecule has 0 radical (unpaired) electrons.